The van der Waals surface area contributed by atoms with Crippen molar-refractivity contribution in [2.24, 2.45) is 0 Å². The summed E-state index contributed by atoms with van der Waals surface area (Å²) < 4.78 is 0. The Balaban J connectivity index is 2.06. The summed E-state index contributed by atoms with van der Waals surface area (Å²) in [6.45, 7) is 0. The highest BCUT2D eigenvalue weighted by Crippen LogP contribution is 2.16. The molecule has 2 N–H and O–H groups in total. The van der Waals surface area contributed by atoms with Crippen LogP contribution in [0.15, 0.2) is 60.7 Å². The minimum atomic E-state index is -1.53. The number of aliphatic hydroxyl groups is 1. The third-order valence-corrected chi connectivity index (χ3v) is 3.23. The zero-order valence-corrected chi connectivity index (χ0v) is 11.8. The number of aliphatic carboxylic acids is 1. The maximum atomic E-state index is 11.9. The Morgan fingerprint density at radius 1 is 1.00 bits per heavy atom. The van der Waals surface area contributed by atoms with Gasteiger partial charge in [-0.05, 0) is 11.1 Å². The highest BCUT2D eigenvalue weighted by Gasteiger charge is 2.23. The predicted octanol–water partition coefficient (Wildman–Crippen LogP) is 0.197. The van der Waals surface area contributed by atoms with Crippen molar-refractivity contribution in [3.63, 3.8) is 0 Å². The molecule has 5 nitrogen and oxygen atoms in total. The molecule has 0 aliphatic rings. The molecule has 114 valence electrons. The van der Waals surface area contributed by atoms with E-state index in [-0.39, 0.29) is 6.42 Å². The summed E-state index contributed by atoms with van der Waals surface area (Å²) in [6.07, 6.45) is -1.34. The van der Waals surface area contributed by atoms with Crippen LogP contribution in [-0.4, -0.2) is 23.0 Å². The minimum Gasteiger partial charge on any atom is -0.548 e. The quantitative estimate of drug-likeness (QED) is 0.797. The number of amides is 1. The number of carboxylic acids is 1. The molecular weight excluding hydrogens is 282 g/mol. The number of nitrogens with one attached hydrogen (secondary N) is 1. The Hall–Kier alpha value is -2.66. The first kappa shape index (κ1) is 15.7. The molecule has 0 aliphatic heterocycles. The van der Waals surface area contributed by atoms with Crippen molar-refractivity contribution in [3.05, 3.63) is 71.8 Å². The van der Waals surface area contributed by atoms with Gasteiger partial charge in [-0.25, -0.2) is 0 Å². The van der Waals surface area contributed by atoms with Gasteiger partial charge in [0, 0.05) is 0 Å². The van der Waals surface area contributed by atoms with Gasteiger partial charge in [0.25, 0.3) is 0 Å². The lowest BCUT2D eigenvalue weighted by Gasteiger charge is -2.25. The van der Waals surface area contributed by atoms with E-state index in [1.807, 2.05) is 6.07 Å². The van der Waals surface area contributed by atoms with Crippen molar-refractivity contribution in [2.75, 3.05) is 0 Å². The van der Waals surface area contributed by atoms with Crippen molar-refractivity contribution >= 4 is 11.9 Å². The normalized spacial score (nSPS) is 13.1. The fourth-order valence-electron chi connectivity index (χ4n) is 2.12. The molecule has 2 aromatic rings. The van der Waals surface area contributed by atoms with Crippen molar-refractivity contribution in [1.29, 1.82) is 0 Å². The second-order valence-corrected chi connectivity index (χ2v) is 4.88. The number of carboxylic acid groups (broad SMARTS) is 1. The van der Waals surface area contributed by atoms with E-state index >= 15 is 0 Å². The number of rotatable bonds is 6. The van der Waals surface area contributed by atoms with E-state index in [0.717, 1.165) is 5.56 Å². The fraction of sp³-hybridized carbons (Fsp3) is 0.176. The maximum Gasteiger partial charge on any atom is 0.225 e. The van der Waals surface area contributed by atoms with Crippen LogP contribution in [-0.2, 0) is 16.0 Å². The Bertz CT molecular complexity index is 628. The second-order valence-electron chi connectivity index (χ2n) is 4.88. The van der Waals surface area contributed by atoms with Crippen molar-refractivity contribution < 1.29 is 19.8 Å². The Kier molecular flexibility index (Phi) is 5.27. The summed E-state index contributed by atoms with van der Waals surface area (Å²) in [5.41, 5.74) is 1.16. The van der Waals surface area contributed by atoms with Crippen LogP contribution < -0.4 is 10.4 Å². The molecule has 0 bridgehead atoms. The van der Waals surface area contributed by atoms with Gasteiger partial charge < -0.3 is 20.3 Å². The lowest BCUT2D eigenvalue weighted by atomic mass is 10.0. The molecular formula is C17H16NO4-. The molecule has 0 saturated carbocycles. The maximum absolute atomic E-state index is 11.9. The third-order valence-electron chi connectivity index (χ3n) is 3.23. The molecule has 2 rings (SSSR count). The van der Waals surface area contributed by atoms with Gasteiger partial charge >= 0.3 is 0 Å². The van der Waals surface area contributed by atoms with Gasteiger partial charge in [0.2, 0.25) is 5.91 Å². The smallest absolute Gasteiger partial charge is 0.225 e. The lowest BCUT2D eigenvalue weighted by molar-refractivity contribution is -0.310. The molecule has 0 saturated heterocycles. The summed E-state index contributed by atoms with van der Waals surface area (Å²) in [7, 11) is 0. The summed E-state index contributed by atoms with van der Waals surface area (Å²) in [6, 6.07) is 15.7. The first-order valence-corrected chi connectivity index (χ1v) is 6.85. The van der Waals surface area contributed by atoms with Crippen LogP contribution in [0.3, 0.4) is 0 Å². The summed E-state index contributed by atoms with van der Waals surface area (Å²) in [5.74, 6) is -2.02. The molecule has 0 aliphatic carbocycles. The van der Waals surface area contributed by atoms with E-state index in [2.05, 4.69) is 5.32 Å². The SMILES string of the molecule is O=C(Cc1ccccc1)N[C@@H](C(=O)[O-])[C@@H](O)c1ccccc1. The van der Waals surface area contributed by atoms with Crippen molar-refractivity contribution in [1.82, 2.24) is 5.32 Å². The number of carbonyl (C=O) groups excluding carboxylic acids is 2. The van der Waals surface area contributed by atoms with Gasteiger partial charge in [0.05, 0.1) is 18.4 Å². The Morgan fingerprint density at radius 3 is 2.09 bits per heavy atom. The monoisotopic (exact) mass is 298 g/mol. The van der Waals surface area contributed by atoms with Crippen molar-refractivity contribution in [2.45, 2.75) is 18.6 Å². The minimum absolute atomic E-state index is 0.0339. The number of benzene rings is 2. The molecule has 0 radical (unpaired) electrons. The Labute approximate surface area is 128 Å². The van der Waals surface area contributed by atoms with E-state index < -0.39 is 24.0 Å². The van der Waals surface area contributed by atoms with E-state index in [0.29, 0.717) is 5.56 Å². The third kappa shape index (κ3) is 4.17. The van der Waals surface area contributed by atoms with Gasteiger partial charge in [-0.2, -0.15) is 0 Å². The van der Waals surface area contributed by atoms with Gasteiger partial charge in [-0.3, -0.25) is 4.79 Å². The summed E-state index contributed by atoms with van der Waals surface area (Å²) in [5, 5.41) is 23.7. The van der Waals surface area contributed by atoms with Gasteiger partial charge in [-0.15, -0.1) is 0 Å². The predicted molar refractivity (Wildman–Crippen MR) is 78.5 cm³/mol. The van der Waals surface area contributed by atoms with E-state index in [1.54, 1.807) is 54.6 Å². The number of hydrogen-bond acceptors (Lipinski definition) is 4. The highest BCUT2D eigenvalue weighted by molar-refractivity contribution is 5.84. The molecule has 0 fully saturated rings. The van der Waals surface area contributed by atoms with Gasteiger partial charge in [0.1, 0.15) is 6.10 Å². The largest absolute Gasteiger partial charge is 0.548 e. The molecule has 0 aromatic heterocycles. The van der Waals surface area contributed by atoms with Gasteiger partial charge in [0.15, 0.2) is 0 Å². The zero-order valence-electron chi connectivity index (χ0n) is 11.8. The van der Waals surface area contributed by atoms with Crippen LogP contribution in [0, 0.1) is 0 Å². The molecule has 2 atom stereocenters. The Morgan fingerprint density at radius 2 is 1.55 bits per heavy atom. The molecule has 5 heteroatoms. The molecule has 0 spiro atoms. The number of hydrogen-bond donors (Lipinski definition) is 2. The van der Waals surface area contributed by atoms with E-state index in [9.17, 15) is 19.8 Å². The average molecular weight is 298 g/mol. The summed E-state index contributed by atoms with van der Waals surface area (Å²) >= 11 is 0. The van der Waals surface area contributed by atoms with Crippen molar-refractivity contribution in [3.8, 4) is 0 Å². The number of aliphatic hydroxyl groups excluding tert-OH is 1. The number of carbonyl (C=O) groups is 2. The molecule has 0 heterocycles. The van der Waals surface area contributed by atoms with Crippen LogP contribution in [0.4, 0.5) is 0 Å². The first-order valence-electron chi connectivity index (χ1n) is 6.85. The highest BCUT2D eigenvalue weighted by atomic mass is 16.4. The van der Waals surface area contributed by atoms with Crippen LogP contribution in [0.1, 0.15) is 17.2 Å². The molecule has 0 unspecified atom stereocenters. The molecule has 22 heavy (non-hydrogen) atoms. The van der Waals surface area contributed by atoms with E-state index in [1.165, 1.54) is 0 Å². The average Bonchev–Trinajstić information content (AvgIpc) is 2.53. The van der Waals surface area contributed by atoms with Crippen LogP contribution >= 0.6 is 0 Å². The molecule has 1 amide bonds. The van der Waals surface area contributed by atoms with Crippen LogP contribution in [0.5, 0.6) is 0 Å². The zero-order chi connectivity index (χ0) is 15.9. The van der Waals surface area contributed by atoms with Gasteiger partial charge in [-0.1, -0.05) is 60.7 Å². The second kappa shape index (κ2) is 7.38. The first-order chi connectivity index (χ1) is 10.6. The van der Waals surface area contributed by atoms with Crippen LogP contribution in [0.2, 0.25) is 0 Å². The standard InChI is InChI=1S/C17H17NO4/c19-14(11-12-7-3-1-4-8-12)18-15(17(21)22)16(20)13-9-5-2-6-10-13/h1-10,15-16,20H,11H2,(H,18,19)(H,21,22)/p-1/t15-,16+/m1/s1. The topological polar surface area (TPSA) is 89.5 Å². The van der Waals surface area contributed by atoms with E-state index in [4.69, 9.17) is 0 Å². The lowest BCUT2D eigenvalue weighted by Crippen LogP contribution is -2.51. The summed E-state index contributed by atoms with van der Waals surface area (Å²) in [4.78, 5) is 23.2. The fourth-order valence-corrected chi connectivity index (χ4v) is 2.12. The molecule has 2 aromatic carbocycles. The van der Waals surface area contributed by atoms with Crippen LogP contribution in [0.25, 0.3) is 0 Å².